The monoisotopic (exact) mass is 455 g/mol. The molecule has 1 aromatic heterocycles. The number of nitrogens with zero attached hydrogens (tertiary/aromatic N) is 4. The normalized spacial score (nSPS) is 15.1. The summed E-state index contributed by atoms with van der Waals surface area (Å²) in [6, 6.07) is 18.4. The Morgan fingerprint density at radius 2 is 1.68 bits per heavy atom. The molecule has 1 fully saturated rings. The van der Waals surface area contributed by atoms with E-state index in [0.717, 1.165) is 35.6 Å². The van der Waals surface area contributed by atoms with Crippen LogP contribution >= 0.6 is 0 Å². The van der Waals surface area contributed by atoms with E-state index in [9.17, 15) is 4.79 Å². The minimum atomic E-state index is 0.0176. The van der Waals surface area contributed by atoms with Crippen LogP contribution in [0.25, 0.3) is 16.7 Å². The first kappa shape index (κ1) is 22.1. The SMILES string of the molecule is NCCC1=c2cc(OCC(=O)N3CCN(c4ccc(-c5ccncc5)cc4)CC3)ccc2=NC1. The molecule has 0 saturated carbocycles. The average molecular weight is 456 g/mol. The molecule has 1 amide bonds. The van der Waals surface area contributed by atoms with Crippen LogP contribution in [-0.4, -0.2) is 61.7 Å². The van der Waals surface area contributed by atoms with E-state index < -0.39 is 0 Å². The van der Waals surface area contributed by atoms with Crippen molar-refractivity contribution in [2.24, 2.45) is 10.7 Å². The van der Waals surface area contributed by atoms with Gasteiger partial charge in [-0.25, -0.2) is 0 Å². The molecule has 0 spiro atoms. The van der Waals surface area contributed by atoms with Crippen LogP contribution in [0.5, 0.6) is 5.75 Å². The van der Waals surface area contributed by atoms with Crippen molar-refractivity contribution in [2.45, 2.75) is 6.42 Å². The van der Waals surface area contributed by atoms with Crippen LogP contribution < -0.4 is 25.9 Å². The first-order chi connectivity index (χ1) is 16.7. The summed E-state index contributed by atoms with van der Waals surface area (Å²) in [5, 5.41) is 2.08. The maximum absolute atomic E-state index is 12.8. The van der Waals surface area contributed by atoms with E-state index in [0.29, 0.717) is 31.9 Å². The third kappa shape index (κ3) is 4.79. The fourth-order valence-electron chi connectivity index (χ4n) is 4.54. The molecule has 34 heavy (non-hydrogen) atoms. The molecule has 2 aliphatic heterocycles. The largest absolute Gasteiger partial charge is 0.484 e. The van der Waals surface area contributed by atoms with Gasteiger partial charge in [0.15, 0.2) is 6.61 Å². The van der Waals surface area contributed by atoms with Gasteiger partial charge >= 0.3 is 0 Å². The first-order valence-corrected chi connectivity index (χ1v) is 11.7. The fourth-order valence-corrected chi connectivity index (χ4v) is 4.54. The van der Waals surface area contributed by atoms with Crippen LogP contribution in [0.15, 0.2) is 72.0 Å². The fraction of sp³-hybridized carbons (Fsp3) is 0.296. The zero-order valence-corrected chi connectivity index (χ0v) is 19.2. The van der Waals surface area contributed by atoms with Crippen molar-refractivity contribution in [2.75, 3.05) is 50.8 Å². The predicted octanol–water partition coefficient (Wildman–Crippen LogP) is 1.61. The van der Waals surface area contributed by atoms with Gasteiger partial charge in [0.05, 0.1) is 11.9 Å². The Labute approximate surface area is 199 Å². The Hall–Kier alpha value is -3.71. The third-order valence-electron chi connectivity index (χ3n) is 6.48. The van der Waals surface area contributed by atoms with Gasteiger partial charge in [-0.1, -0.05) is 12.1 Å². The number of hydrogen-bond donors (Lipinski definition) is 1. The zero-order valence-electron chi connectivity index (χ0n) is 19.2. The minimum Gasteiger partial charge on any atom is -0.484 e. The third-order valence-corrected chi connectivity index (χ3v) is 6.48. The minimum absolute atomic E-state index is 0.0176. The van der Waals surface area contributed by atoms with Crippen LogP contribution in [-0.2, 0) is 4.79 Å². The summed E-state index contributed by atoms with van der Waals surface area (Å²) in [6.07, 6.45) is 4.44. The standard InChI is InChI=1S/C27H29N5O2/c28-10-7-22-18-30-26-6-5-24(17-25(22)26)34-19-27(33)32-15-13-31(14-16-32)23-3-1-20(2-4-23)21-8-11-29-12-9-21/h1-6,8-9,11-12,17H,7,10,13-16,18-19,28H2. The number of nitrogens with two attached hydrogens (primary N) is 1. The van der Waals surface area contributed by atoms with Crippen molar-refractivity contribution in [3.05, 3.63) is 77.6 Å². The van der Waals surface area contributed by atoms with Crippen molar-refractivity contribution in [3.63, 3.8) is 0 Å². The van der Waals surface area contributed by atoms with Crippen LogP contribution in [0.1, 0.15) is 6.42 Å². The van der Waals surface area contributed by atoms with E-state index in [1.807, 2.05) is 35.2 Å². The zero-order chi connectivity index (χ0) is 23.3. The number of hydrogen-bond acceptors (Lipinski definition) is 6. The molecular weight excluding hydrogens is 426 g/mol. The molecule has 5 rings (SSSR count). The average Bonchev–Trinajstić information content (AvgIpc) is 3.30. The molecule has 3 heterocycles. The Bertz CT molecular complexity index is 1270. The second-order valence-corrected chi connectivity index (χ2v) is 8.58. The van der Waals surface area contributed by atoms with Crippen LogP contribution in [0.3, 0.4) is 0 Å². The van der Waals surface area contributed by atoms with Gasteiger partial charge in [-0.15, -0.1) is 0 Å². The summed E-state index contributed by atoms with van der Waals surface area (Å²) >= 11 is 0. The van der Waals surface area contributed by atoms with E-state index in [4.69, 9.17) is 10.5 Å². The Morgan fingerprint density at radius 1 is 0.941 bits per heavy atom. The van der Waals surface area contributed by atoms with Gasteiger partial charge in [0.25, 0.3) is 5.91 Å². The van der Waals surface area contributed by atoms with Gasteiger partial charge in [0.1, 0.15) is 5.75 Å². The molecule has 0 aliphatic carbocycles. The van der Waals surface area contributed by atoms with Gasteiger partial charge < -0.3 is 20.3 Å². The number of aromatic nitrogens is 1. The molecule has 2 aliphatic rings. The van der Waals surface area contributed by atoms with Crippen molar-refractivity contribution in [1.82, 2.24) is 9.88 Å². The number of fused-ring (bicyclic) bond motifs is 1. The molecule has 7 nitrogen and oxygen atoms in total. The van der Waals surface area contributed by atoms with E-state index in [2.05, 4.69) is 39.1 Å². The summed E-state index contributed by atoms with van der Waals surface area (Å²) in [6.45, 7) is 4.33. The second-order valence-electron chi connectivity index (χ2n) is 8.58. The molecule has 174 valence electrons. The Kier molecular flexibility index (Phi) is 6.53. The van der Waals surface area contributed by atoms with Crippen molar-refractivity contribution >= 4 is 17.2 Å². The quantitative estimate of drug-likeness (QED) is 0.585. The molecular formula is C27H29N5O2. The van der Waals surface area contributed by atoms with E-state index in [1.54, 1.807) is 12.4 Å². The van der Waals surface area contributed by atoms with Gasteiger partial charge in [-0.2, -0.15) is 0 Å². The Balaban J connectivity index is 1.14. The molecule has 1 saturated heterocycles. The number of amides is 1. The molecule has 0 unspecified atom stereocenters. The number of ether oxygens (including phenoxy) is 1. The molecule has 2 N–H and O–H groups in total. The number of pyridine rings is 1. The van der Waals surface area contributed by atoms with Crippen molar-refractivity contribution < 1.29 is 9.53 Å². The summed E-state index contributed by atoms with van der Waals surface area (Å²) < 4.78 is 5.84. The van der Waals surface area contributed by atoms with Crippen molar-refractivity contribution in [1.29, 1.82) is 0 Å². The number of carbonyl (C=O) groups is 1. The summed E-state index contributed by atoms with van der Waals surface area (Å²) in [7, 11) is 0. The summed E-state index contributed by atoms with van der Waals surface area (Å²) in [5.41, 5.74) is 10.5. The molecule has 0 radical (unpaired) electrons. The highest BCUT2D eigenvalue weighted by molar-refractivity contribution is 5.78. The highest BCUT2D eigenvalue weighted by atomic mass is 16.5. The maximum atomic E-state index is 12.8. The maximum Gasteiger partial charge on any atom is 0.260 e. The number of anilines is 1. The van der Waals surface area contributed by atoms with Gasteiger partial charge in [-0.05, 0) is 72.1 Å². The first-order valence-electron chi connectivity index (χ1n) is 11.7. The summed E-state index contributed by atoms with van der Waals surface area (Å²) in [5.74, 6) is 0.718. The molecule has 0 atom stereocenters. The van der Waals surface area contributed by atoms with E-state index in [-0.39, 0.29) is 12.5 Å². The lowest BCUT2D eigenvalue weighted by Gasteiger charge is -2.36. The number of piperazine rings is 1. The highest BCUT2D eigenvalue weighted by Gasteiger charge is 2.22. The molecule has 3 aromatic rings. The highest BCUT2D eigenvalue weighted by Crippen LogP contribution is 2.23. The lowest BCUT2D eigenvalue weighted by Crippen LogP contribution is -2.50. The van der Waals surface area contributed by atoms with Gasteiger partial charge in [-0.3, -0.25) is 14.8 Å². The van der Waals surface area contributed by atoms with E-state index in [1.165, 1.54) is 16.8 Å². The Morgan fingerprint density at radius 3 is 2.41 bits per heavy atom. The van der Waals surface area contributed by atoms with Crippen molar-refractivity contribution in [3.8, 4) is 16.9 Å². The van der Waals surface area contributed by atoms with Crippen LogP contribution in [0, 0.1) is 0 Å². The molecule has 0 bridgehead atoms. The molecule has 7 heteroatoms. The number of carbonyl (C=O) groups excluding carboxylic acids is 1. The lowest BCUT2D eigenvalue weighted by molar-refractivity contribution is -0.133. The number of benzene rings is 2. The van der Waals surface area contributed by atoms with E-state index >= 15 is 0 Å². The smallest absolute Gasteiger partial charge is 0.260 e. The predicted molar refractivity (Wildman–Crippen MR) is 133 cm³/mol. The topological polar surface area (TPSA) is 84.0 Å². The van der Waals surface area contributed by atoms with Crippen LogP contribution in [0.4, 0.5) is 5.69 Å². The van der Waals surface area contributed by atoms with Crippen LogP contribution in [0.2, 0.25) is 0 Å². The summed E-state index contributed by atoms with van der Waals surface area (Å²) in [4.78, 5) is 25.6. The van der Waals surface area contributed by atoms with Gasteiger partial charge in [0, 0.05) is 49.5 Å². The molecule has 2 aromatic carbocycles. The second kappa shape index (κ2) is 10.1. The van der Waals surface area contributed by atoms with Gasteiger partial charge in [0.2, 0.25) is 0 Å². The lowest BCUT2D eigenvalue weighted by atomic mass is 10.1. The number of rotatable bonds is 7.